The Morgan fingerprint density at radius 3 is 2.71 bits per heavy atom. The standard InChI is InChI=1S/C15H21ClO5/c1-7-9-4-15(20)8(2)10(17)3-12(15)14(19,6-16)5-11(9)21-13(7)18/h7,9-12,17,19-20H,2-6H2,1H3. The van der Waals surface area contributed by atoms with Gasteiger partial charge in [0.1, 0.15) is 6.10 Å². The van der Waals surface area contributed by atoms with Crippen molar-refractivity contribution >= 4 is 17.6 Å². The van der Waals surface area contributed by atoms with Crippen LogP contribution in [0.2, 0.25) is 0 Å². The average molecular weight is 317 g/mol. The Balaban J connectivity index is 2.05. The zero-order valence-corrected chi connectivity index (χ0v) is 12.7. The van der Waals surface area contributed by atoms with E-state index in [9.17, 15) is 20.1 Å². The molecule has 3 fully saturated rings. The summed E-state index contributed by atoms with van der Waals surface area (Å²) in [6, 6.07) is 0. The first-order valence-corrected chi connectivity index (χ1v) is 7.85. The molecule has 118 valence electrons. The van der Waals surface area contributed by atoms with Crippen LogP contribution in [0.3, 0.4) is 0 Å². The molecule has 1 aliphatic heterocycles. The summed E-state index contributed by atoms with van der Waals surface area (Å²) in [5.74, 6) is -1.54. The molecule has 1 saturated heterocycles. The number of hydrogen-bond donors (Lipinski definition) is 3. The Labute approximate surface area is 128 Å². The van der Waals surface area contributed by atoms with Crippen molar-refractivity contribution in [3.05, 3.63) is 12.2 Å². The summed E-state index contributed by atoms with van der Waals surface area (Å²) in [5, 5.41) is 32.1. The second-order valence-electron chi connectivity index (χ2n) is 6.83. The van der Waals surface area contributed by atoms with E-state index in [0.717, 1.165) is 0 Å². The molecule has 0 aromatic carbocycles. The third-order valence-electron chi connectivity index (χ3n) is 5.73. The lowest BCUT2D eigenvalue weighted by atomic mass is 9.74. The largest absolute Gasteiger partial charge is 0.462 e. The van der Waals surface area contributed by atoms with E-state index in [1.165, 1.54) is 0 Å². The maximum atomic E-state index is 11.8. The molecule has 7 atom stereocenters. The second kappa shape index (κ2) is 4.69. The van der Waals surface area contributed by atoms with Crippen molar-refractivity contribution in [2.75, 3.05) is 5.88 Å². The molecule has 0 radical (unpaired) electrons. The number of hydrogen-bond acceptors (Lipinski definition) is 5. The number of fused-ring (bicyclic) bond motifs is 2. The molecule has 3 rings (SSSR count). The van der Waals surface area contributed by atoms with Crippen molar-refractivity contribution in [2.45, 2.75) is 49.6 Å². The molecule has 0 amide bonds. The fraction of sp³-hybridized carbons (Fsp3) is 0.800. The Kier molecular flexibility index (Phi) is 3.41. The molecule has 0 aromatic rings. The Morgan fingerprint density at radius 1 is 1.43 bits per heavy atom. The average Bonchev–Trinajstić information content (AvgIpc) is 2.78. The van der Waals surface area contributed by atoms with Gasteiger partial charge in [0.25, 0.3) is 0 Å². The minimum absolute atomic E-state index is 0.0882. The third kappa shape index (κ3) is 1.98. The van der Waals surface area contributed by atoms with Gasteiger partial charge in [-0.2, -0.15) is 0 Å². The molecule has 0 aromatic heterocycles. The number of rotatable bonds is 1. The predicted molar refractivity (Wildman–Crippen MR) is 75.6 cm³/mol. The summed E-state index contributed by atoms with van der Waals surface area (Å²) in [4.78, 5) is 11.8. The lowest BCUT2D eigenvalue weighted by Crippen LogP contribution is -2.50. The van der Waals surface area contributed by atoms with Crippen molar-refractivity contribution in [1.82, 2.24) is 0 Å². The molecule has 2 aliphatic carbocycles. The summed E-state index contributed by atoms with van der Waals surface area (Å²) in [5.41, 5.74) is -2.49. The van der Waals surface area contributed by atoms with Gasteiger partial charge in [0.15, 0.2) is 0 Å². The molecule has 21 heavy (non-hydrogen) atoms. The van der Waals surface area contributed by atoms with E-state index in [1.54, 1.807) is 6.92 Å². The number of esters is 1. The highest BCUT2D eigenvalue weighted by Crippen LogP contribution is 2.55. The molecule has 6 heteroatoms. The fourth-order valence-electron chi connectivity index (χ4n) is 4.35. The minimum Gasteiger partial charge on any atom is -0.462 e. The lowest BCUT2D eigenvalue weighted by Gasteiger charge is -2.39. The van der Waals surface area contributed by atoms with Crippen LogP contribution in [0.15, 0.2) is 12.2 Å². The molecular formula is C15H21ClO5. The first-order chi connectivity index (χ1) is 9.73. The van der Waals surface area contributed by atoms with Crippen LogP contribution in [0.5, 0.6) is 0 Å². The van der Waals surface area contributed by atoms with Gasteiger partial charge in [-0.25, -0.2) is 0 Å². The maximum Gasteiger partial charge on any atom is 0.309 e. The van der Waals surface area contributed by atoms with Crippen LogP contribution in [0.25, 0.3) is 0 Å². The van der Waals surface area contributed by atoms with E-state index < -0.39 is 29.3 Å². The lowest BCUT2D eigenvalue weighted by molar-refractivity contribution is -0.147. The van der Waals surface area contributed by atoms with E-state index in [2.05, 4.69) is 6.58 Å². The summed E-state index contributed by atoms with van der Waals surface area (Å²) in [6.07, 6.45) is -0.648. The molecule has 0 bridgehead atoms. The summed E-state index contributed by atoms with van der Waals surface area (Å²) < 4.78 is 5.37. The van der Waals surface area contributed by atoms with Gasteiger partial charge in [-0.3, -0.25) is 4.79 Å². The van der Waals surface area contributed by atoms with Crippen molar-refractivity contribution in [2.24, 2.45) is 17.8 Å². The molecular weight excluding hydrogens is 296 g/mol. The highest BCUT2D eigenvalue weighted by atomic mass is 35.5. The number of carbonyl (C=O) groups is 1. The van der Waals surface area contributed by atoms with Crippen molar-refractivity contribution in [1.29, 1.82) is 0 Å². The number of halogens is 1. The van der Waals surface area contributed by atoms with Crippen LogP contribution >= 0.6 is 11.6 Å². The third-order valence-corrected chi connectivity index (χ3v) is 6.20. The van der Waals surface area contributed by atoms with Gasteiger partial charge in [0.05, 0.1) is 29.1 Å². The summed E-state index contributed by atoms with van der Waals surface area (Å²) in [6.45, 7) is 5.58. The number of alkyl halides is 1. The van der Waals surface area contributed by atoms with Crippen molar-refractivity contribution in [3.63, 3.8) is 0 Å². The predicted octanol–water partition coefficient (Wildman–Crippen LogP) is 0.596. The SMILES string of the molecule is C=C1C(O)CC2C(O)(CCl)CC3OC(=O)C(C)C3CC12O. The molecule has 3 aliphatic rings. The van der Waals surface area contributed by atoms with Crippen LogP contribution in [0, 0.1) is 17.8 Å². The van der Waals surface area contributed by atoms with Gasteiger partial charge in [-0.05, 0) is 18.4 Å². The highest BCUT2D eigenvalue weighted by Gasteiger charge is 2.63. The smallest absolute Gasteiger partial charge is 0.309 e. The number of ether oxygens (including phenoxy) is 1. The number of carbonyl (C=O) groups excluding carboxylic acids is 1. The van der Waals surface area contributed by atoms with E-state index in [4.69, 9.17) is 16.3 Å². The number of aliphatic hydroxyl groups excluding tert-OH is 1. The van der Waals surface area contributed by atoms with Crippen LogP contribution in [0.1, 0.15) is 26.2 Å². The van der Waals surface area contributed by atoms with Gasteiger partial charge < -0.3 is 20.1 Å². The highest BCUT2D eigenvalue weighted by molar-refractivity contribution is 6.18. The van der Waals surface area contributed by atoms with Crippen LogP contribution < -0.4 is 0 Å². The quantitative estimate of drug-likeness (QED) is 0.374. The minimum atomic E-state index is -1.41. The number of aliphatic hydroxyl groups is 3. The summed E-state index contributed by atoms with van der Waals surface area (Å²) >= 11 is 5.97. The fourth-order valence-corrected chi connectivity index (χ4v) is 4.64. The Bertz CT molecular complexity index is 494. The topological polar surface area (TPSA) is 87.0 Å². The summed E-state index contributed by atoms with van der Waals surface area (Å²) in [7, 11) is 0. The second-order valence-corrected chi connectivity index (χ2v) is 7.09. The van der Waals surface area contributed by atoms with E-state index >= 15 is 0 Å². The van der Waals surface area contributed by atoms with Gasteiger partial charge in [-0.1, -0.05) is 13.5 Å². The zero-order chi connectivity index (χ0) is 15.6. The first-order valence-electron chi connectivity index (χ1n) is 7.31. The van der Waals surface area contributed by atoms with Gasteiger partial charge in [-0.15, -0.1) is 11.6 Å². The first kappa shape index (κ1) is 15.3. The van der Waals surface area contributed by atoms with E-state index in [1.807, 2.05) is 0 Å². The molecule has 0 spiro atoms. The van der Waals surface area contributed by atoms with Crippen LogP contribution in [0.4, 0.5) is 0 Å². The molecule has 5 nitrogen and oxygen atoms in total. The molecule has 2 saturated carbocycles. The van der Waals surface area contributed by atoms with Crippen LogP contribution in [-0.2, 0) is 9.53 Å². The van der Waals surface area contributed by atoms with E-state index in [0.29, 0.717) is 5.57 Å². The van der Waals surface area contributed by atoms with E-state index in [-0.39, 0.29) is 42.9 Å². The maximum absolute atomic E-state index is 11.8. The zero-order valence-electron chi connectivity index (χ0n) is 12.0. The molecule has 3 N–H and O–H groups in total. The van der Waals surface area contributed by atoms with Crippen LogP contribution in [-0.4, -0.2) is 50.6 Å². The molecule has 1 heterocycles. The van der Waals surface area contributed by atoms with Gasteiger partial charge in [0, 0.05) is 18.3 Å². The normalized spacial score (nSPS) is 53.1. The van der Waals surface area contributed by atoms with Crippen molar-refractivity contribution < 1.29 is 24.9 Å². The van der Waals surface area contributed by atoms with Gasteiger partial charge >= 0.3 is 5.97 Å². The monoisotopic (exact) mass is 316 g/mol. The molecule has 7 unspecified atom stereocenters. The van der Waals surface area contributed by atoms with Gasteiger partial charge in [0.2, 0.25) is 0 Å². The Hall–Kier alpha value is -0.620. The Morgan fingerprint density at radius 2 is 2.10 bits per heavy atom. The van der Waals surface area contributed by atoms with Crippen molar-refractivity contribution in [3.8, 4) is 0 Å².